The van der Waals surface area contributed by atoms with Crippen LogP contribution in [-0.4, -0.2) is 32.4 Å². The molecule has 150 valence electrons. The number of carboxylic acid groups (broad SMARTS) is 1. The van der Waals surface area contributed by atoms with Crippen LogP contribution in [0.5, 0.6) is 0 Å². The van der Waals surface area contributed by atoms with Gasteiger partial charge in [0, 0.05) is 11.4 Å². The molecule has 0 radical (unpaired) electrons. The molecule has 0 aliphatic rings. The molecule has 1 N–H and O–H groups in total. The molecule has 0 aliphatic carbocycles. The van der Waals surface area contributed by atoms with Gasteiger partial charge in [-0.15, -0.1) is 21.5 Å². The van der Waals surface area contributed by atoms with Crippen molar-refractivity contribution < 1.29 is 14.7 Å². The number of nitrogens with zero attached hydrogens (tertiary/aromatic N) is 3. The molecule has 2 aromatic carbocycles. The van der Waals surface area contributed by atoms with E-state index in [0.717, 1.165) is 10.6 Å². The molecule has 1 amide bonds. The number of hydrogen-bond donors (Lipinski definition) is 1. The monoisotopic (exact) mass is 435 g/mol. The third-order valence-electron chi connectivity index (χ3n) is 4.10. The van der Waals surface area contributed by atoms with E-state index in [4.69, 9.17) is 0 Å². The lowest BCUT2D eigenvalue weighted by Gasteiger charge is -2.10. The number of para-hydroxylation sites is 1. The van der Waals surface area contributed by atoms with Crippen molar-refractivity contribution in [3.63, 3.8) is 0 Å². The maximum atomic E-state index is 12.4. The lowest BCUT2D eigenvalue weighted by atomic mass is 10.2. The minimum Gasteiger partial charge on any atom is -0.545 e. The van der Waals surface area contributed by atoms with E-state index in [1.54, 1.807) is 23.5 Å². The predicted molar refractivity (Wildman–Crippen MR) is 115 cm³/mol. The Balaban J connectivity index is 1.53. The van der Waals surface area contributed by atoms with E-state index in [0.29, 0.717) is 16.7 Å². The highest BCUT2D eigenvalue weighted by atomic mass is 32.2. The lowest BCUT2D eigenvalue weighted by Crippen LogP contribution is -2.22. The summed E-state index contributed by atoms with van der Waals surface area (Å²) in [6, 6.07) is 19.6. The number of benzene rings is 2. The van der Waals surface area contributed by atoms with Crippen molar-refractivity contribution in [1.29, 1.82) is 0 Å². The highest BCUT2D eigenvalue weighted by molar-refractivity contribution is 7.99. The van der Waals surface area contributed by atoms with Crippen LogP contribution in [0.3, 0.4) is 0 Å². The highest BCUT2D eigenvalue weighted by Crippen LogP contribution is 2.30. The summed E-state index contributed by atoms with van der Waals surface area (Å²) in [5.74, 6) is -0.778. The number of thiophene rings is 1. The van der Waals surface area contributed by atoms with Gasteiger partial charge in [-0.3, -0.25) is 9.36 Å². The fraction of sp³-hybridized carbons (Fsp3) is 0.0476. The summed E-state index contributed by atoms with van der Waals surface area (Å²) in [6.07, 6.45) is 0. The number of carbonyl (C=O) groups excluding carboxylic acids is 2. The largest absolute Gasteiger partial charge is 0.545 e. The van der Waals surface area contributed by atoms with Gasteiger partial charge in [0.15, 0.2) is 11.0 Å². The van der Waals surface area contributed by atoms with Crippen LogP contribution >= 0.6 is 23.1 Å². The van der Waals surface area contributed by atoms with Gasteiger partial charge in [-0.2, -0.15) is 0 Å². The van der Waals surface area contributed by atoms with E-state index in [-0.39, 0.29) is 17.2 Å². The number of carbonyl (C=O) groups is 2. The molecule has 30 heavy (non-hydrogen) atoms. The van der Waals surface area contributed by atoms with Crippen LogP contribution in [-0.2, 0) is 4.79 Å². The fourth-order valence-corrected chi connectivity index (χ4v) is 4.24. The van der Waals surface area contributed by atoms with Crippen LogP contribution in [0.25, 0.3) is 16.4 Å². The summed E-state index contributed by atoms with van der Waals surface area (Å²) < 4.78 is 1.92. The quantitative estimate of drug-likeness (QED) is 0.448. The average Bonchev–Trinajstić information content (AvgIpc) is 3.43. The summed E-state index contributed by atoms with van der Waals surface area (Å²) in [6.45, 7) is 0. The molecule has 0 saturated carbocycles. The van der Waals surface area contributed by atoms with E-state index >= 15 is 0 Å². The Morgan fingerprint density at radius 3 is 2.60 bits per heavy atom. The topological polar surface area (TPSA) is 99.9 Å². The first-order valence-corrected chi connectivity index (χ1v) is 10.8. The van der Waals surface area contributed by atoms with Gasteiger partial charge in [-0.05, 0) is 41.3 Å². The second kappa shape index (κ2) is 8.93. The number of nitrogens with one attached hydrogen (secondary N) is 1. The van der Waals surface area contributed by atoms with Gasteiger partial charge in [0.1, 0.15) is 0 Å². The van der Waals surface area contributed by atoms with Crippen LogP contribution in [0.4, 0.5) is 5.69 Å². The SMILES string of the molecule is O=C(CSc1nnc(-c2cccs2)n1-c1ccccc1)Nc1cccc(C(=O)[O-])c1. The van der Waals surface area contributed by atoms with E-state index < -0.39 is 5.97 Å². The highest BCUT2D eigenvalue weighted by Gasteiger charge is 2.17. The zero-order valence-corrected chi connectivity index (χ0v) is 17.2. The Labute approximate surface area is 180 Å². The molecular weight excluding hydrogens is 420 g/mol. The molecule has 0 bridgehead atoms. The predicted octanol–water partition coefficient (Wildman–Crippen LogP) is 3.09. The van der Waals surface area contributed by atoms with Gasteiger partial charge < -0.3 is 15.2 Å². The normalized spacial score (nSPS) is 10.7. The summed E-state index contributed by atoms with van der Waals surface area (Å²) in [5, 5.41) is 24.8. The Hall–Kier alpha value is -3.43. The number of anilines is 1. The summed E-state index contributed by atoms with van der Waals surface area (Å²) in [7, 11) is 0. The van der Waals surface area contributed by atoms with E-state index in [1.807, 2.05) is 52.4 Å². The Bertz CT molecular complexity index is 1170. The molecule has 0 spiro atoms. The van der Waals surface area contributed by atoms with Gasteiger partial charge >= 0.3 is 0 Å². The number of amides is 1. The zero-order valence-electron chi connectivity index (χ0n) is 15.5. The van der Waals surface area contributed by atoms with Crippen molar-refractivity contribution in [2.24, 2.45) is 0 Å². The minimum atomic E-state index is -1.29. The number of aromatic nitrogens is 3. The number of thioether (sulfide) groups is 1. The zero-order chi connectivity index (χ0) is 20.9. The molecule has 0 atom stereocenters. The molecule has 4 aromatic rings. The van der Waals surface area contributed by atoms with Crippen molar-refractivity contribution in [3.05, 3.63) is 77.7 Å². The smallest absolute Gasteiger partial charge is 0.234 e. The van der Waals surface area contributed by atoms with Crippen LogP contribution < -0.4 is 10.4 Å². The number of carboxylic acids is 1. The first-order chi connectivity index (χ1) is 14.6. The van der Waals surface area contributed by atoms with Gasteiger partial charge in [0.05, 0.1) is 16.6 Å². The number of rotatable bonds is 7. The molecule has 7 nitrogen and oxygen atoms in total. The third kappa shape index (κ3) is 4.42. The van der Waals surface area contributed by atoms with Crippen molar-refractivity contribution in [2.45, 2.75) is 5.16 Å². The van der Waals surface area contributed by atoms with Crippen LogP contribution in [0.1, 0.15) is 10.4 Å². The molecule has 9 heteroatoms. The van der Waals surface area contributed by atoms with Gasteiger partial charge in [-0.1, -0.05) is 48.2 Å². The Morgan fingerprint density at radius 1 is 1.03 bits per heavy atom. The summed E-state index contributed by atoms with van der Waals surface area (Å²) in [4.78, 5) is 24.4. The van der Waals surface area contributed by atoms with Crippen LogP contribution in [0, 0.1) is 0 Å². The first kappa shape index (κ1) is 19.9. The molecule has 4 rings (SSSR count). The molecule has 0 fully saturated rings. The summed E-state index contributed by atoms with van der Waals surface area (Å²) >= 11 is 2.81. The van der Waals surface area contributed by atoms with E-state index in [9.17, 15) is 14.7 Å². The van der Waals surface area contributed by atoms with Crippen molar-refractivity contribution in [3.8, 4) is 16.4 Å². The fourth-order valence-electron chi connectivity index (χ4n) is 2.79. The number of aromatic carboxylic acids is 1. The first-order valence-electron chi connectivity index (χ1n) is 8.90. The molecule has 0 saturated heterocycles. The van der Waals surface area contributed by atoms with E-state index in [2.05, 4.69) is 15.5 Å². The Kier molecular flexibility index (Phi) is 5.92. The van der Waals surface area contributed by atoms with E-state index in [1.165, 1.54) is 23.9 Å². The second-order valence-corrected chi connectivity index (χ2v) is 8.05. The standard InChI is InChI=1S/C21H16N4O3S2/c26-18(22-15-7-4-6-14(12-15)20(27)28)13-30-21-24-23-19(17-10-5-11-29-17)25(21)16-8-2-1-3-9-16/h1-12H,13H2,(H,22,26)(H,27,28)/p-1. The van der Waals surface area contributed by atoms with Crippen molar-refractivity contribution in [2.75, 3.05) is 11.1 Å². The number of hydrogen-bond acceptors (Lipinski definition) is 7. The molecular formula is C21H15N4O3S2-. The van der Waals surface area contributed by atoms with Crippen LogP contribution in [0.2, 0.25) is 0 Å². The van der Waals surface area contributed by atoms with Crippen molar-refractivity contribution in [1.82, 2.24) is 14.8 Å². The van der Waals surface area contributed by atoms with Gasteiger partial charge in [0.2, 0.25) is 5.91 Å². The minimum absolute atomic E-state index is 0.00450. The van der Waals surface area contributed by atoms with Gasteiger partial charge in [-0.25, -0.2) is 0 Å². The summed E-state index contributed by atoms with van der Waals surface area (Å²) in [5.41, 5.74) is 1.30. The third-order valence-corrected chi connectivity index (χ3v) is 5.90. The molecule has 0 aliphatic heterocycles. The van der Waals surface area contributed by atoms with Crippen molar-refractivity contribution >= 4 is 40.7 Å². The van der Waals surface area contributed by atoms with Crippen LogP contribution in [0.15, 0.2) is 77.3 Å². The van der Waals surface area contributed by atoms with Gasteiger partial charge in [0.25, 0.3) is 0 Å². The lowest BCUT2D eigenvalue weighted by molar-refractivity contribution is -0.255. The Morgan fingerprint density at radius 2 is 1.87 bits per heavy atom. The molecule has 2 aromatic heterocycles. The maximum Gasteiger partial charge on any atom is 0.234 e. The average molecular weight is 436 g/mol. The second-order valence-electron chi connectivity index (χ2n) is 6.16. The maximum absolute atomic E-state index is 12.4. The molecule has 0 unspecified atom stereocenters. The molecule has 2 heterocycles.